The van der Waals surface area contributed by atoms with E-state index in [-0.39, 0.29) is 23.9 Å². The zero-order valence-corrected chi connectivity index (χ0v) is 11.9. The second-order valence-electron chi connectivity index (χ2n) is 3.43. The Hall–Kier alpha value is -2.68. The highest BCUT2D eigenvalue weighted by atomic mass is 16.5. The van der Waals surface area contributed by atoms with E-state index < -0.39 is 11.9 Å². The van der Waals surface area contributed by atoms with Gasteiger partial charge in [-0.15, -0.1) is 0 Å². The molecule has 114 valence electrons. The summed E-state index contributed by atoms with van der Waals surface area (Å²) in [7, 11) is 2.87. The van der Waals surface area contributed by atoms with Crippen molar-refractivity contribution >= 4 is 11.9 Å². The minimum atomic E-state index is -1.23. The quantitative estimate of drug-likeness (QED) is 0.539. The molecule has 0 amide bonds. The van der Waals surface area contributed by atoms with E-state index in [1.807, 2.05) is 0 Å². The van der Waals surface area contributed by atoms with Crippen molar-refractivity contribution in [2.45, 2.75) is 13.0 Å². The monoisotopic (exact) mass is 296 g/mol. The Morgan fingerprint density at radius 2 is 1.62 bits per heavy atom. The van der Waals surface area contributed by atoms with Gasteiger partial charge in [-0.25, -0.2) is 9.59 Å². The lowest BCUT2D eigenvalue weighted by atomic mass is 10.2. The highest BCUT2D eigenvalue weighted by Crippen LogP contribution is 1.98. The molecule has 0 fully saturated rings. The molecule has 0 aliphatic heterocycles. The van der Waals surface area contributed by atoms with Gasteiger partial charge in [0.2, 0.25) is 0 Å². The molecule has 0 aliphatic rings. The van der Waals surface area contributed by atoms with E-state index in [0.29, 0.717) is 0 Å². The fourth-order valence-corrected chi connectivity index (χ4v) is 0.807. The van der Waals surface area contributed by atoms with Crippen molar-refractivity contribution in [3.05, 3.63) is 23.3 Å². The van der Waals surface area contributed by atoms with Gasteiger partial charge < -0.3 is 19.7 Å². The van der Waals surface area contributed by atoms with Crippen LogP contribution in [0.4, 0.5) is 0 Å². The number of ether oxygens (including phenoxy) is 2. The molecular formula is C13H16N2O6. The van der Waals surface area contributed by atoms with Gasteiger partial charge in [0.15, 0.2) is 0 Å². The normalized spacial score (nSPS) is 12.2. The smallest absolute Gasteiger partial charge is 0.346 e. The maximum absolute atomic E-state index is 10.2. The molecule has 0 aliphatic carbocycles. The summed E-state index contributed by atoms with van der Waals surface area (Å²) in [5, 5.41) is 33.1. The van der Waals surface area contributed by atoms with Crippen molar-refractivity contribution < 1.29 is 29.3 Å². The number of nitriles is 2. The SMILES string of the molecule is COC(C)C=C(C#N)C(=O)O.COCC=C(C#N)C(=O)O. The van der Waals surface area contributed by atoms with Crippen LogP contribution in [0, 0.1) is 22.7 Å². The van der Waals surface area contributed by atoms with E-state index in [0.717, 1.165) is 0 Å². The van der Waals surface area contributed by atoms with Crippen LogP contribution in [0.1, 0.15) is 6.92 Å². The van der Waals surface area contributed by atoms with Gasteiger partial charge in [-0.1, -0.05) is 0 Å². The van der Waals surface area contributed by atoms with Crippen LogP contribution in [-0.4, -0.2) is 49.1 Å². The molecule has 21 heavy (non-hydrogen) atoms. The molecule has 0 aromatic carbocycles. The Kier molecular flexibility index (Phi) is 12.1. The van der Waals surface area contributed by atoms with E-state index in [9.17, 15) is 9.59 Å². The van der Waals surface area contributed by atoms with Gasteiger partial charge in [0.05, 0.1) is 12.7 Å². The molecule has 0 aromatic heterocycles. The number of rotatable bonds is 6. The highest BCUT2D eigenvalue weighted by Gasteiger charge is 2.07. The van der Waals surface area contributed by atoms with Crippen LogP contribution in [-0.2, 0) is 19.1 Å². The maximum Gasteiger partial charge on any atom is 0.346 e. The zero-order valence-electron chi connectivity index (χ0n) is 11.9. The molecule has 0 spiro atoms. The molecule has 2 N–H and O–H groups in total. The van der Waals surface area contributed by atoms with Crippen LogP contribution in [0.25, 0.3) is 0 Å². The first-order valence-corrected chi connectivity index (χ1v) is 5.54. The van der Waals surface area contributed by atoms with Crippen molar-refractivity contribution in [2.75, 3.05) is 20.8 Å². The minimum absolute atomic E-state index is 0.148. The van der Waals surface area contributed by atoms with E-state index in [1.54, 1.807) is 13.0 Å². The van der Waals surface area contributed by atoms with Crippen molar-refractivity contribution in [2.24, 2.45) is 0 Å². The third-order valence-electron chi connectivity index (χ3n) is 1.93. The lowest BCUT2D eigenvalue weighted by Gasteiger charge is -2.01. The third kappa shape index (κ3) is 10.9. The number of carbonyl (C=O) groups is 2. The zero-order chi connectivity index (χ0) is 16.8. The Balaban J connectivity index is 0. The van der Waals surface area contributed by atoms with Crippen molar-refractivity contribution in [3.63, 3.8) is 0 Å². The van der Waals surface area contributed by atoms with E-state index in [2.05, 4.69) is 4.74 Å². The van der Waals surface area contributed by atoms with Gasteiger partial charge in [0, 0.05) is 14.2 Å². The van der Waals surface area contributed by atoms with Gasteiger partial charge in [-0.2, -0.15) is 10.5 Å². The van der Waals surface area contributed by atoms with E-state index in [1.165, 1.54) is 32.4 Å². The Morgan fingerprint density at radius 3 is 1.90 bits per heavy atom. The Morgan fingerprint density at radius 1 is 1.14 bits per heavy atom. The van der Waals surface area contributed by atoms with Crippen molar-refractivity contribution in [3.8, 4) is 12.1 Å². The predicted molar refractivity (Wildman–Crippen MR) is 71.0 cm³/mol. The molecule has 0 saturated heterocycles. The average Bonchev–Trinajstić information content (AvgIpc) is 2.45. The lowest BCUT2D eigenvalue weighted by Crippen LogP contribution is -2.05. The maximum atomic E-state index is 10.2. The lowest BCUT2D eigenvalue weighted by molar-refractivity contribution is -0.133. The van der Waals surface area contributed by atoms with Gasteiger partial charge in [0.1, 0.15) is 23.3 Å². The number of methoxy groups -OCH3 is 2. The molecule has 8 heteroatoms. The summed E-state index contributed by atoms with van der Waals surface area (Å²) in [6.07, 6.45) is 2.12. The van der Waals surface area contributed by atoms with Gasteiger partial charge >= 0.3 is 11.9 Å². The van der Waals surface area contributed by atoms with Crippen LogP contribution in [0.5, 0.6) is 0 Å². The van der Waals surface area contributed by atoms with Crippen LogP contribution in [0.15, 0.2) is 23.3 Å². The molecule has 0 radical (unpaired) electrons. The topological polar surface area (TPSA) is 141 Å². The highest BCUT2D eigenvalue weighted by molar-refractivity contribution is 5.91. The number of carboxylic acids is 2. The number of carboxylic acid groups (broad SMARTS) is 2. The number of hydrogen-bond donors (Lipinski definition) is 2. The van der Waals surface area contributed by atoms with Crippen LogP contribution in [0.2, 0.25) is 0 Å². The standard InChI is InChI=1S/C7H9NO3.C6H7NO3/c1-5(11-2)3-6(4-8)7(9)10;1-10-3-2-5(4-7)6(8)9/h3,5H,1-2H3,(H,9,10);2H,3H2,1H3,(H,8,9). The molecule has 0 aromatic rings. The molecule has 0 heterocycles. The number of aliphatic carboxylic acids is 2. The molecule has 0 rings (SSSR count). The van der Waals surface area contributed by atoms with Gasteiger partial charge in [0.25, 0.3) is 0 Å². The molecular weight excluding hydrogens is 280 g/mol. The largest absolute Gasteiger partial charge is 0.477 e. The summed E-state index contributed by atoms with van der Waals surface area (Å²) >= 11 is 0. The van der Waals surface area contributed by atoms with Crippen LogP contribution in [0.3, 0.4) is 0 Å². The van der Waals surface area contributed by atoms with Gasteiger partial charge in [-0.3, -0.25) is 0 Å². The summed E-state index contributed by atoms with van der Waals surface area (Å²) in [5.41, 5.74) is -0.582. The predicted octanol–water partition coefficient (Wildman–Crippen LogP) is 0.723. The molecule has 1 unspecified atom stereocenters. The second kappa shape index (κ2) is 12.4. The number of nitrogens with zero attached hydrogens (tertiary/aromatic N) is 2. The first-order chi connectivity index (χ1) is 9.83. The molecule has 1 atom stereocenters. The Bertz CT molecular complexity index is 496. The fraction of sp³-hybridized carbons (Fsp3) is 0.385. The van der Waals surface area contributed by atoms with Crippen molar-refractivity contribution in [1.29, 1.82) is 10.5 Å². The summed E-state index contributed by atoms with van der Waals surface area (Å²) < 4.78 is 9.28. The third-order valence-corrected chi connectivity index (χ3v) is 1.93. The first-order valence-electron chi connectivity index (χ1n) is 5.54. The molecule has 8 nitrogen and oxygen atoms in total. The average molecular weight is 296 g/mol. The second-order valence-corrected chi connectivity index (χ2v) is 3.43. The fourth-order valence-electron chi connectivity index (χ4n) is 0.807. The van der Waals surface area contributed by atoms with E-state index in [4.69, 9.17) is 25.5 Å². The van der Waals surface area contributed by atoms with Gasteiger partial charge in [-0.05, 0) is 19.1 Å². The minimum Gasteiger partial charge on any atom is -0.477 e. The summed E-state index contributed by atoms with van der Waals surface area (Å²) in [4.78, 5) is 20.3. The van der Waals surface area contributed by atoms with Crippen LogP contribution < -0.4 is 0 Å². The van der Waals surface area contributed by atoms with Crippen LogP contribution >= 0.6 is 0 Å². The Labute approximate surface area is 122 Å². The summed E-state index contributed by atoms with van der Waals surface area (Å²) in [6.45, 7) is 1.80. The van der Waals surface area contributed by atoms with Crippen molar-refractivity contribution in [1.82, 2.24) is 0 Å². The summed E-state index contributed by atoms with van der Waals surface area (Å²) in [6, 6.07) is 3.07. The summed E-state index contributed by atoms with van der Waals surface area (Å²) in [5.74, 6) is -2.45. The van der Waals surface area contributed by atoms with E-state index >= 15 is 0 Å². The number of hydrogen-bond acceptors (Lipinski definition) is 6. The first kappa shape index (κ1) is 20.6. The molecule has 0 bridgehead atoms. The molecule has 0 saturated carbocycles.